The van der Waals surface area contributed by atoms with Gasteiger partial charge in [0, 0.05) is 23.1 Å². The molecule has 3 aromatic rings. The van der Waals surface area contributed by atoms with Crippen molar-refractivity contribution in [3.05, 3.63) is 64.4 Å². The molecule has 1 amide bonds. The van der Waals surface area contributed by atoms with Gasteiger partial charge in [-0.25, -0.2) is 4.98 Å². The van der Waals surface area contributed by atoms with Crippen molar-refractivity contribution in [3.8, 4) is 0 Å². The topological polar surface area (TPSA) is 49.0 Å². The third-order valence-corrected chi connectivity index (χ3v) is 4.53. The molecular formula is C17H14BrN3O. The number of para-hydroxylation sites is 2. The fourth-order valence-corrected chi connectivity index (χ4v) is 3.19. The molecule has 1 fully saturated rings. The zero-order valence-electron chi connectivity index (χ0n) is 11.8. The molecule has 1 aliphatic heterocycles. The first kappa shape index (κ1) is 13.5. The van der Waals surface area contributed by atoms with Crippen LogP contribution < -0.4 is 0 Å². The number of halogens is 1. The summed E-state index contributed by atoms with van der Waals surface area (Å²) in [6.07, 6.45) is 0. The number of fused-ring (bicyclic) bond motifs is 1. The Balaban J connectivity index is 1.48. The first-order chi connectivity index (χ1) is 10.7. The van der Waals surface area contributed by atoms with Crippen LogP contribution in [-0.2, 0) is 0 Å². The zero-order valence-corrected chi connectivity index (χ0v) is 13.4. The Hall–Kier alpha value is -2.14. The van der Waals surface area contributed by atoms with E-state index in [-0.39, 0.29) is 5.91 Å². The van der Waals surface area contributed by atoms with Crippen molar-refractivity contribution < 1.29 is 4.79 Å². The van der Waals surface area contributed by atoms with E-state index >= 15 is 0 Å². The van der Waals surface area contributed by atoms with Gasteiger partial charge in [0.1, 0.15) is 5.82 Å². The lowest BCUT2D eigenvalue weighted by molar-refractivity contribution is 0.0595. The number of hydrogen-bond donors (Lipinski definition) is 1. The number of carbonyl (C=O) groups is 1. The Bertz CT molecular complexity index is 819. The second kappa shape index (κ2) is 5.25. The number of aromatic nitrogens is 2. The van der Waals surface area contributed by atoms with Crippen LogP contribution in [0.1, 0.15) is 22.1 Å². The van der Waals surface area contributed by atoms with E-state index in [1.165, 1.54) is 0 Å². The average Bonchev–Trinajstić information content (AvgIpc) is 2.89. The first-order valence-electron chi connectivity index (χ1n) is 7.20. The first-order valence-corrected chi connectivity index (χ1v) is 7.99. The molecule has 1 aliphatic rings. The molecular weight excluding hydrogens is 342 g/mol. The Morgan fingerprint density at radius 3 is 2.77 bits per heavy atom. The van der Waals surface area contributed by atoms with Crippen molar-refractivity contribution >= 4 is 32.9 Å². The molecule has 0 bridgehead atoms. The van der Waals surface area contributed by atoms with Gasteiger partial charge in [0.05, 0.1) is 17.0 Å². The van der Waals surface area contributed by atoms with Gasteiger partial charge in [-0.05, 0) is 30.3 Å². The standard InChI is InChI=1S/C17H14BrN3O/c18-13-5-3-4-11(8-13)17(22)21-9-12(10-21)16-19-14-6-1-2-7-15(14)20-16/h1-8,12H,9-10H2,(H,19,20). The third kappa shape index (κ3) is 2.31. The molecule has 0 spiro atoms. The second-order valence-corrected chi connectivity index (χ2v) is 6.47. The van der Waals surface area contributed by atoms with Crippen LogP contribution in [0, 0.1) is 0 Å². The van der Waals surface area contributed by atoms with Gasteiger partial charge in [0.2, 0.25) is 0 Å². The van der Waals surface area contributed by atoms with Crippen molar-refractivity contribution in [2.75, 3.05) is 13.1 Å². The zero-order chi connectivity index (χ0) is 15.1. The van der Waals surface area contributed by atoms with E-state index in [9.17, 15) is 4.79 Å². The van der Waals surface area contributed by atoms with Crippen LogP contribution in [0.4, 0.5) is 0 Å². The lowest BCUT2D eigenvalue weighted by Gasteiger charge is -2.38. The van der Waals surface area contributed by atoms with E-state index in [0.717, 1.165) is 26.9 Å². The van der Waals surface area contributed by atoms with Gasteiger partial charge in [-0.2, -0.15) is 0 Å². The number of benzene rings is 2. The van der Waals surface area contributed by atoms with E-state index in [0.29, 0.717) is 19.0 Å². The van der Waals surface area contributed by atoms with Crippen LogP contribution in [0.25, 0.3) is 11.0 Å². The van der Waals surface area contributed by atoms with Crippen LogP contribution in [0.15, 0.2) is 53.0 Å². The Morgan fingerprint density at radius 1 is 1.18 bits per heavy atom. The number of rotatable bonds is 2. The molecule has 22 heavy (non-hydrogen) atoms. The van der Waals surface area contributed by atoms with E-state index in [1.54, 1.807) is 0 Å². The predicted octanol–water partition coefficient (Wildman–Crippen LogP) is 3.57. The SMILES string of the molecule is O=C(c1cccc(Br)c1)N1CC(c2nc3ccccc3[nH]2)C1. The molecule has 1 N–H and O–H groups in total. The van der Waals surface area contributed by atoms with Gasteiger partial charge >= 0.3 is 0 Å². The molecule has 1 saturated heterocycles. The number of likely N-dealkylation sites (tertiary alicyclic amines) is 1. The van der Waals surface area contributed by atoms with Gasteiger partial charge < -0.3 is 9.88 Å². The maximum atomic E-state index is 12.4. The van der Waals surface area contributed by atoms with Crippen molar-refractivity contribution in [1.29, 1.82) is 0 Å². The van der Waals surface area contributed by atoms with Crippen LogP contribution in [0.3, 0.4) is 0 Å². The number of amides is 1. The van der Waals surface area contributed by atoms with Crippen LogP contribution >= 0.6 is 15.9 Å². The highest BCUT2D eigenvalue weighted by molar-refractivity contribution is 9.10. The van der Waals surface area contributed by atoms with Crippen molar-refractivity contribution in [3.63, 3.8) is 0 Å². The highest BCUT2D eigenvalue weighted by Gasteiger charge is 2.34. The maximum Gasteiger partial charge on any atom is 0.253 e. The predicted molar refractivity (Wildman–Crippen MR) is 88.9 cm³/mol. The molecule has 1 aromatic heterocycles. The van der Waals surface area contributed by atoms with E-state index < -0.39 is 0 Å². The lowest BCUT2D eigenvalue weighted by atomic mass is 9.98. The van der Waals surface area contributed by atoms with Gasteiger partial charge in [0.15, 0.2) is 0 Å². The van der Waals surface area contributed by atoms with E-state index in [1.807, 2.05) is 53.4 Å². The molecule has 4 rings (SSSR count). The molecule has 0 atom stereocenters. The Kier molecular flexibility index (Phi) is 3.22. The smallest absolute Gasteiger partial charge is 0.253 e. The van der Waals surface area contributed by atoms with E-state index in [4.69, 9.17) is 0 Å². The van der Waals surface area contributed by atoms with Gasteiger partial charge in [0.25, 0.3) is 5.91 Å². The highest BCUT2D eigenvalue weighted by Crippen LogP contribution is 2.28. The number of H-pyrrole nitrogens is 1. The number of imidazole rings is 1. The molecule has 2 heterocycles. The summed E-state index contributed by atoms with van der Waals surface area (Å²) in [4.78, 5) is 22.2. The van der Waals surface area contributed by atoms with Crippen LogP contribution in [0.5, 0.6) is 0 Å². The summed E-state index contributed by atoms with van der Waals surface area (Å²) in [5, 5.41) is 0. The van der Waals surface area contributed by atoms with Gasteiger partial charge in [-0.3, -0.25) is 4.79 Å². The number of aromatic amines is 1. The summed E-state index contributed by atoms with van der Waals surface area (Å²) in [6, 6.07) is 15.5. The largest absolute Gasteiger partial charge is 0.342 e. The molecule has 0 saturated carbocycles. The molecule has 0 radical (unpaired) electrons. The van der Waals surface area contributed by atoms with E-state index in [2.05, 4.69) is 25.9 Å². The van der Waals surface area contributed by atoms with Crippen LogP contribution in [0.2, 0.25) is 0 Å². The minimum absolute atomic E-state index is 0.0775. The minimum Gasteiger partial charge on any atom is -0.342 e. The monoisotopic (exact) mass is 355 g/mol. The Labute approximate surface area is 136 Å². The highest BCUT2D eigenvalue weighted by atomic mass is 79.9. The van der Waals surface area contributed by atoms with Gasteiger partial charge in [-0.15, -0.1) is 0 Å². The summed E-state index contributed by atoms with van der Waals surface area (Å²) < 4.78 is 0.924. The second-order valence-electron chi connectivity index (χ2n) is 5.56. The summed E-state index contributed by atoms with van der Waals surface area (Å²) >= 11 is 3.40. The summed E-state index contributed by atoms with van der Waals surface area (Å²) in [7, 11) is 0. The quantitative estimate of drug-likeness (QED) is 0.763. The molecule has 5 heteroatoms. The molecule has 2 aromatic carbocycles. The average molecular weight is 356 g/mol. The minimum atomic E-state index is 0.0775. The summed E-state index contributed by atoms with van der Waals surface area (Å²) in [5.74, 6) is 1.34. The van der Waals surface area contributed by atoms with Crippen molar-refractivity contribution in [2.24, 2.45) is 0 Å². The van der Waals surface area contributed by atoms with Crippen LogP contribution in [-0.4, -0.2) is 33.9 Å². The number of nitrogens with zero attached hydrogens (tertiary/aromatic N) is 2. The fourth-order valence-electron chi connectivity index (χ4n) is 2.79. The molecule has 110 valence electrons. The summed E-state index contributed by atoms with van der Waals surface area (Å²) in [5.41, 5.74) is 2.75. The van der Waals surface area contributed by atoms with Crippen molar-refractivity contribution in [2.45, 2.75) is 5.92 Å². The molecule has 4 nitrogen and oxygen atoms in total. The third-order valence-electron chi connectivity index (χ3n) is 4.03. The normalized spacial score (nSPS) is 15.0. The van der Waals surface area contributed by atoms with Gasteiger partial charge in [-0.1, -0.05) is 34.1 Å². The molecule has 0 aliphatic carbocycles. The van der Waals surface area contributed by atoms with Crippen molar-refractivity contribution in [1.82, 2.24) is 14.9 Å². The number of nitrogens with one attached hydrogen (secondary N) is 1. The molecule has 0 unspecified atom stereocenters. The number of hydrogen-bond acceptors (Lipinski definition) is 2. The lowest BCUT2D eigenvalue weighted by Crippen LogP contribution is -2.48. The summed E-state index contributed by atoms with van der Waals surface area (Å²) in [6.45, 7) is 1.43. The fraction of sp³-hybridized carbons (Fsp3) is 0.176. The Morgan fingerprint density at radius 2 is 2.00 bits per heavy atom. The number of carbonyl (C=O) groups excluding carboxylic acids is 1. The maximum absolute atomic E-state index is 12.4.